The Balaban J connectivity index is 2.23. The maximum Gasteiger partial charge on any atom is 0.310 e. The lowest BCUT2D eigenvalue weighted by Gasteiger charge is -2.37. The monoisotopic (exact) mass is 241 g/mol. The maximum atomic E-state index is 11.2. The van der Waals surface area contributed by atoms with Gasteiger partial charge in [-0.05, 0) is 39.3 Å². The van der Waals surface area contributed by atoms with Crippen LogP contribution in [0.4, 0.5) is 0 Å². The van der Waals surface area contributed by atoms with Gasteiger partial charge in [-0.3, -0.25) is 4.79 Å². The van der Waals surface area contributed by atoms with Crippen molar-refractivity contribution < 1.29 is 9.90 Å². The molecule has 1 N–H and O–H groups in total. The standard InChI is InChI=1S/C14H27NO2/c1-3-4-5-6-7-10-15-11-8-9-14(2,12-15)13(16)17/h3-12H2,1-2H3,(H,16,17). The van der Waals surface area contributed by atoms with Crippen LogP contribution in [0, 0.1) is 5.41 Å². The average Bonchev–Trinajstić information content (AvgIpc) is 2.29. The Hall–Kier alpha value is -0.570. The zero-order valence-corrected chi connectivity index (χ0v) is 11.4. The number of nitrogens with zero attached hydrogens (tertiary/aromatic N) is 1. The predicted octanol–water partition coefficient (Wildman–Crippen LogP) is 3.14. The number of rotatable bonds is 7. The molecule has 0 saturated carbocycles. The Bertz CT molecular complexity index is 242. The number of carbonyl (C=O) groups is 1. The summed E-state index contributed by atoms with van der Waals surface area (Å²) in [6, 6.07) is 0. The van der Waals surface area contributed by atoms with E-state index in [9.17, 15) is 9.90 Å². The van der Waals surface area contributed by atoms with Crippen LogP contribution in [-0.4, -0.2) is 35.6 Å². The first-order valence-electron chi connectivity index (χ1n) is 7.04. The van der Waals surface area contributed by atoms with Crippen LogP contribution in [0.3, 0.4) is 0 Å². The molecule has 0 aromatic heterocycles. The number of hydrogen-bond acceptors (Lipinski definition) is 2. The van der Waals surface area contributed by atoms with Gasteiger partial charge in [0.25, 0.3) is 0 Å². The normalized spacial score (nSPS) is 26.0. The first kappa shape index (κ1) is 14.5. The second-order valence-corrected chi connectivity index (χ2v) is 5.66. The second kappa shape index (κ2) is 7.00. The van der Waals surface area contributed by atoms with E-state index in [1.54, 1.807) is 0 Å². The highest BCUT2D eigenvalue weighted by Gasteiger charge is 2.37. The lowest BCUT2D eigenvalue weighted by Crippen LogP contribution is -2.46. The van der Waals surface area contributed by atoms with E-state index in [2.05, 4.69) is 11.8 Å². The summed E-state index contributed by atoms with van der Waals surface area (Å²) in [6.45, 7) is 7.00. The molecular weight excluding hydrogens is 214 g/mol. The van der Waals surface area contributed by atoms with E-state index in [1.807, 2.05) is 6.92 Å². The predicted molar refractivity (Wildman–Crippen MR) is 70.2 cm³/mol. The number of aliphatic carboxylic acids is 1. The summed E-state index contributed by atoms with van der Waals surface area (Å²) in [5.74, 6) is -0.631. The van der Waals surface area contributed by atoms with Gasteiger partial charge in [-0.2, -0.15) is 0 Å². The minimum Gasteiger partial charge on any atom is -0.481 e. The van der Waals surface area contributed by atoms with Crippen molar-refractivity contribution in [2.75, 3.05) is 19.6 Å². The Kier molecular flexibility index (Phi) is 5.96. The Morgan fingerprint density at radius 2 is 2.00 bits per heavy atom. The molecule has 1 atom stereocenters. The molecule has 1 aliphatic rings. The molecule has 1 aliphatic heterocycles. The van der Waals surface area contributed by atoms with Gasteiger partial charge in [0.2, 0.25) is 0 Å². The zero-order valence-electron chi connectivity index (χ0n) is 11.4. The van der Waals surface area contributed by atoms with Gasteiger partial charge in [-0.25, -0.2) is 0 Å². The fourth-order valence-electron chi connectivity index (χ4n) is 2.65. The summed E-state index contributed by atoms with van der Waals surface area (Å²) in [6.07, 6.45) is 8.28. The molecule has 1 fully saturated rings. The topological polar surface area (TPSA) is 40.5 Å². The molecule has 17 heavy (non-hydrogen) atoms. The Labute approximate surface area is 105 Å². The molecule has 0 aromatic rings. The minimum atomic E-state index is -0.631. The molecule has 0 radical (unpaired) electrons. The smallest absolute Gasteiger partial charge is 0.310 e. The van der Waals surface area contributed by atoms with Gasteiger partial charge in [-0.1, -0.05) is 32.6 Å². The van der Waals surface area contributed by atoms with E-state index in [1.165, 1.54) is 32.1 Å². The van der Waals surface area contributed by atoms with Gasteiger partial charge in [0.05, 0.1) is 5.41 Å². The third kappa shape index (κ3) is 4.66. The second-order valence-electron chi connectivity index (χ2n) is 5.66. The fourth-order valence-corrected chi connectivity index (χ4v) is 2.65. The van der Waals surface area contributed by atoms with Crippen molar-refractivity contribution in [1.82, 2.24) is 4.90 Å². The molecule has 0 bridgehead atoms. The summed E-state index contributed by atoms with van der Waals surface area (Å²) in [4.78, 5) is 13.5. The average molecular weight is 241 g/mol. The van der Waals surface area contributed by atoms with Crippen molar-refractivity contribution in [1.29, 1.82) is 0 Å². The van der Waals surface area contributed by atoms with E-state index >= 15 is 0 Å². The molecule has 0 aromatic carbocycles. The fraction of sp³-hybridized carbons (Fsp3) is 0.929. The van der Waals surface area contributed by atoms with Gasteiger partial charge in [0.1, 0.15) is 0 Å². The number of likely N-dealkylation sites (tertiary alicyclic amines) is 1. The molecule has 1 unspecified atom stereocenters. The molecule has 3 heteroatoms. The molecule has 1 rings (SSSR count). The van der Waals surface area contributed by atoms with Gasteiger partial charge in [0.15, 0.2) is 0 Å². The summed E-state index contributed by atoms with van der Waals surface area (Å²) in [7, 11) is 0. The van der Waals surface area contributed by atoms with Gasteiger partial charge < -0.3 is 10.0 Å². The van der Waals surface area contributed by atoms with Crippen molar-refractivity contribution in [3.8, 4) is 0 Å². The van der Waals surface area contributed by atoms with E-state index in [4.69, 9.17) is 0 Å². The molecule has 0 spiro atoms. The lowest BCUT2D eigenvalue weighted by atomic mass is 9.82. The van der Waals surface area contributed by atoms with Crippen LogP contribution in [0.15, 0.2) is 0 Å². The van der Waals surface area contributed by atoms with E-state index < -0.39 is 11.4 Å². The SMILES string of the molecule is CCCCCCCN1CCCC(C)(C(=O)O)C1. The number of unbranched alkanes of at least 4 members (excludes halogenated alkanes) is 4. The lowest BCUT2D eigenvalue weighted by molar-refractivity contribution is -0.151. The van der Waals surface area contributed by atoms with Crippen LogP contribution in [0.1, 0.15) is 58.8 Å². The van der Waals surface area contributed by atoms with E-state index in [-0.39, 0.29) is 0 Å². The largest absolute Gasteiger partial charge is 0.481 e. The van der Waals surface area contributed by atoms with Gasteiger partial charge >= 0.3 is 5.97 Å². The van der Waals surface area contributed by atoms with Crippen LogP contribution in [-0.2, 0) is 4.79 Å². The summed E-state index contributed by atoms with van der Waals surface area (Å²) >= 11 is 0. The molecule has 0 amide bonds. The first-order valence-corrected chi connectivity index (χ1v) is 7.04. The summed E-state index contributed by atoms with van der Waals surface area (Å²) in [5, 5.41) is 9.23. The van der Waals surface area contributed by atoms with Crippen LogP contribution < -0.4 is 0 Å². The Morgan fingerprint density at radius 1 is 1.29 bits per heavy atom. The van der Waals surface area contributed by atoms with Crippen LogP contribution >= 0.6 is 0 Å². The van der Waals surface area contributed by atoms with E-state index in [0.29, 0.717) is 0 Å². The zero-order chi connectivity index (χ0) is 12.7. The third-order valence-corrected chi connectivity index (χ3v) is 3.87. The molecule has 100 valence electrons. The highest BCUT2D eigenvalue weighted by molar-refractivity contribution is 5.74. The number of hydrogen-bond donors (Lipinski definition) is 1. The Morgan fingerprint density at radius 3 is 2.65 bits per heavy atom. The summed E-state index contributed by atoms with van der Waals surface area (Å²) < 4.78 is 0. The number of carboxylic acids is 1. The quantitative estimate of drug-likeness (QED) is 0.696. The van der Waals surface area contributed by atoms with Crippen molar-refractivity contribution in [2.24, 2.45) is 5.41 Å². The van der Waals surface area contributed by atoms with E-state index in [0.717, 1.165) is 32.5 Å². The van der Waals surface area contributed by atoms with Crippen LogP contribution in [0.25, 0.3) is 0 Å². The van der Waals surface area contributed by atoms with Crippen molar-refractivity contribution >= 4 is 5.97 Å². The molecule has 3 nitrogen and oxygen atoms in total. The van der Waals surface area contributed by atoms with Gasteiger partial charge in [-0.15, -0.1) is 0 Å². The highest BCUT2D eigenvalue weighted by Crippen LogP contribution is 2.29. The van der Waals surface area contributed by atoms with Crippen molar-refractivity contribution in [2.45, 2.75) is 58.8 Å². The molecule has 0 aliphatic carbocycles. The van der Waals surface area contributed by atoms with Gasteiger partial charge in [0, 0.05) is 6.54 Å². The molecular formula is C14H27NO2. The first-order chi connectivity index (χ1) is 8.08. The van der Waals surface area contributed by atoms with Crippen molar-refractivity contribution in [3.63, 3.8) is 0 Å². The minimum absolute atomic E-state index is 0.512. The molecule has 1 saturated heterocycles. The van der Waals surface area contributed by atoms with Crippen molar-refractivity contribution in [3.05, 3.63) is 0 Å². The van der Waals surface area contributed by atoms with Crippen LogP contribution in [0.5, 0.6) is 0 Å². The maximum absolute atomic E-state index is 11.2. The third-order valence-electron chi connectivity index (χ3n) is 3.87. The summed E-state index contributed by atoms with van der Waals surface area (Å²) in [5.41, 5.74) is -0.512. The number of piperidine rings is 1. The molecule has 1 heterocycles. The number of carboxylic acid groups (broad SMARTS) is 1. The van der Waals surface area contributed by atoms with Crippen LogP contribution in [0.2, 0.25) is 0 Å². The highest BCUT2D eigenvalue weighted by atomic mass is 16.4.